The van der Waals surface area contributed by atoms with Gasteiger partial charge in [0, 0.05) is 37.8 Å². The highest BCUT2D eigenvalue weighted by Crippen LogP contribution is 2.30. The second-order valence-electron chi connectivity index (χ2n) is 6.54. The average Bonchev–Trinajstić information content (AvgIpc) is 3.07. The summed E-state index contributed by atoms with van der Waals surface area (Å²) in [5.74, 6) is -2.89. The number of rotatable bonds is 6. The molecule has 0 saturated heterocycles. The van der Waals surface area contributed by atoms with Crippen LogP contribution in [-0.2, 0) is 26.0 Å². The van der Waals surface area contributed by atoms with E-state index in [1.54, 1.807) is 23.1 Å². The van der Waals surface area contributed by atoms with Gasteiger partial charge in [0.15, 0.2) is 11.6 Å². The molecule has 29 heavy (non-hydrogen) atoms. The molecule has 3 rings (SSSR count). The summed E-state index contributed by atoms with van der Waals surface area (Å²) >= 11 is 0. The Morgan fingerprint density at radius 1 is 1.10 bits per heavy atom. The molecule has 0 unspecified atom stereocenters. The minimum Gasteiger partial charge on any atom is -0.326 e. The Kier molecular flexibility index (Phi) is 5.94. The summed E-state index contributed by atoms with van der Waals surface area (Å²) in [7, 11) is -4.06. The molecular weight excluding hydrogens is 404 g/mol. The molecule has 2 aromatic rings. The molecule has 2 amide bonds. The molecule has 0 aromatic heterocycles. The number of amides is 2. The molecule has 154 valence electrons. The largest absolute Gasteiger partial charge is 0.326 e. The van der Waals surface area contributed by atoms with Gasteiger partial charge in [0.25, 0.3) is 0 Å². The van der Waals surface area contributed by atoms with E-state index >= 15 is 0 Å². The van der Waals surface area contributed by atoms with Gasteiger partial charge in [0.2, 0.25) is 21.8 Å². The van der Waals surface area contributed by atoms with Crippen LogP contribution in [0.4, 0.5) is 20.2 Å². The lowest BCUT2D eigenvalue weighted by Crippen LogP contribution is -2.28. The fourth-order valence-electron chi connectivity index (χ4n) is 3.06. The molecule has 0 saturated carbocycles. The summed E-state index contributed by atoms with van der Waals surface area (Å²) in [5, 5.41) is 2.67. The van der Waals surface area contributed by atoms with Crippen molar-refractivity contribution in [1.29, 1.82) is 0 Å². The fraction of sp³-hybridized carbons (Fsp3) is 0.263. The summed E-state index contributed by atoms with van der Waals surface area (Å²) < 4.78 is 52.5. The van der Waals surface area contributed by atoms with Gasteiger partial charge < -0.3 is 10.2 Å². The van der Waals surface area contributed by atoms with Gasteiger partial charge in [0.1, 0.15) is 0 Å². The van der Waals surface area contributed by atoms with Crippen LogP contribution in [0.25, 0.3) is 0 Å². The van der Waals surface area contributed by atoms with Crippen LogP contribution in [0.5, 0.6) is 0 Å². The van der Waals surface area contributed by atoms with Crippen LogP contribution in [0.3, 0.4) is 0 Å². The van der Waals surface area contributed by atoms with E-state index < -0.39 is 32.5 Å². The second-order valence-corrected chi connectivity index (χ2v) is 8.30. The van der Waals surface area contributed by atoms with Gasteiger partial charge in [-0.1, -0.05) is 0 Å². The quantitative estimate of drug-likeness (QED) is 0.745. The first-order chi connectivity index (χ1) is 13.7. The summed E-state index contributed by atoms with van der Waals surface area (Å²) in [6, 6.07) is 7.44. The van der Waals surface area contributed by atoms with Crippen LogP contribution >= 0.6 is 0 Å². The van der Waals surface area contributed by atoms with E-state index in [0.29, 0.717) is 24.7 Å². The SMILES string of the molecule is CC(=O)N1CCc2cc(NC(=O)CCNS(=O)(=O)c3ccc(F)c(F)c3)ccc21. The zero-order valence-electron chi connectivity index (χ0n) is 15.5. The third-order valence-corrected chi connectivity index (χ3v) is 5.94. The summed E-state index contributed by atoms with van der Waals surface area (Å²) in [5.41, 5.74) is 2.30. The minimum atomic E-state index is -4.06. The highest BCUT2D eigenvalue weighted by molar-refractivity contribution is 7.89. The maximum atomic E-state index is 13.2. The number of benzene rings is 2. The van der Waals surface area contributed by atoms with Crippen molar-refractivity contribution in [2.45, 2.75) is 24.7 Å². The molecule has 0 spiro atoms. The first-order valence-corrected chi connectivity index (χ1v) is 10.3. The Bertz CT molecular complexity index is 1070. The standard InChI is InChI=1S/C19H19F2N3O4S/c1-12(25)24-9-7-13-10-14(2-5-18(13)24)23-19(26)6-8-22-29(27,28)15-3-4-16(20)17(21)11-15/h2-5,10-11,22H,6-9H2,1H3,(H,23,26). The molecule has 1 aliphatic heterocycles. The van der Waals surface area contributed by atoms with Crippen molar-refractivity contribution in [3.8, 4) is 0 Å². The molecule has 10 heteroatoms. The zero-order chi connectivity index (χ0) is 21.2. The highest BCUT2D eigenvalue weighted by Gasteiger charge is 2.22. The topological polar surface area (TPSA) is 95.6 Å². The number of nitrogens with one attached hydrogen (secondary N) is 2. The number of sulfonamides is 1. The molecule has 0 fully saturated rings. The summed E-state index contributed by atoms with van der Waals surface area (Å²) in [4.78, 5) is 24.9. The van der Waals surface area contributed by atoms with E-state index in [2.05, 4.69) is 10.0 Å². The Labute approximate surface area is 166 Å². The minimum absolute atomic E-state index is 0.0474. The molecule has 0 aliphatic carbocycles. The van der Waals surface area contributed by atoms with Crippen molar-refractivity contribution in [1.82, 2.24) is 4.72 Å². The molecule has 2 N–H and O–H groups in total. The van der Waals surface area contributed by atoms with Crippen LogP contribution in [0.15, 0.2) is 41.3 Å². The van der Waals surface area contributed by atoms with E-state index in [9.17, 15) is 26.8 Å². The van der Waals surface area contributed by atoms with Crippen molar-refractivity contribution in [3.63, 3.8) is 0 Å². The fourth-order valence-corrected chi connectivity index (χ4v) is 4.10. The average molecular weight is 423 g/mol. The van der Waals surface area contributed by atoms with Gasteiger partial charge in [-0.3, -0.25) is 9.59 Å². The normalized spacial score (nSPS) is 13.3. The lowest BCUT2D eigenvalue weighted by Gasteiger charge is -2.15. The van der Waals surface area contributed by atoms with Crippen molar-refractivity contribution < 1.29 is 26.8 Å². The number of nitrogens with zero attached hydrogens (tertiary/aromatic N) is 1. The highest BCUT2D eigenvalue weighted by atomic mass is 32.2. The van der Waals surface area contributed by atoms with E-state index in [-0.39, 0.29) is 18.9 Å². The maximum Gasteiger partial charge on any atom is 0.240 e. The summed E-state index contributed by atoms with van der Waals surface area (Å²) in [6.07, 6.45) is 0.534. The molecule has 1 aliphatic rings. The van der Waals surface area contributed by atoms with Crippen LogP contribution in [-0.4, -0.2) is 33.3 Å². The number of anilines is 2. The van der Waals surface area contributed by atoms with E-state index in [1.165, 1.54) is 6.92 Å². The molecular formula is C19H19F2N3O4S. The van der Waals surface area contributed by atoms with Gasteiger partial charge >= 0.3 is 0 Å². The van der Waals surface area contributed by atoms with Crippen molar-refractivity contribution in [2.24, 2.45) is 0 Å². The van der Waals surface area contributed by atoms with Crippen LogP contribution in [0, 0.1) is 11.6 Å². The Morgan fingerprint density at radius 2 is 1.86 bits per heavy atom. The predicted octanol–water partition coefficient (Wildman–Crippen LogP) is 2.18. The predicted molar refractivity (Wildman–Crippen MR) is 103 cm³/mol. The summed E-state index contributed by atoms with van der Waals surface area (Å²) in [6.45, 7) is 1.87. The number of hydrogen-bond acceptors (Lipinski definition) is 4. The maximum absolute atomic E-state index is 13.2. The Hall–Kier alpha value is -2.85. The van der Waals surface area contributed by atoms with Crippen LogP contribution in [0.2, 0.25) is 0 Å². The molecule has 7 nitrogen and oxygen atoms in total. The number of carbonyl (C=O) groups is 2. The Morgan fingerprint density at radius 3 is 2.55 bits per heavy atom. The number of hydrogen-bond donors (Lipinski definition) is 2. The smallest absolute Gasteiger partial charge is 0.240 e. The molecule has 0 bridgehead atoms. The van der Waals surface area contributed by atoms with Crippen molar-refractivity contribution in [2.75, 3.05) is 23.3 Å². The third kappa shape index (κ3) is 4.77. The van der Waals surface area contributed by atoms with Gasteiger partial charge in [-0.15, -0.1) is 0 Å². The van der Waals surface area contributed by atoms with Gasteiger partial charge in [-0.2, -0.15) is 0 Å². The number of fused-ring (bicyclic) bond motifs is 1. The first kappa shape index (κ1) is 20.9. The monoisotopic (exact) mass is 423 g/mol. The van der Waals surface area contributed by atoms with Crippen LogP contribution in [0.1, 0.15) is 18.9 Å². The van der Waals surface area contributed by atoms with Gasteiger partial charge in [-0.25, -0.2) is 21.9 Å². The third-order valence-electron chi connectivity index (χ3n) is 4.48. The lowest BCUT2D eigenvalue weighted by atomic mass is 10.1. The van der Waals surface area contributed by atoms with E-state index in [1.807, 2.05) is 0 Å². The van der Waals surface area contributed by atoms with Crippen molar-refractivity contribution >= 4 is 33.2 Å². The van der Waals surface area contributed by atoms with Crippen LogP contribution < -0.4 is 14.9 Å². The number of carbonyl (C=O) groups excluding carboxylic acids is 2. The molecule has 1 heterocycles. The molecule has 2 aromatic carbocycles. The van der Waals surface area contributed by atoms with E-state index in [4.69, 9.17) is 0 Å². The molecule has 0 radical (unpaired) electrons. The zero-order valence-corrected chi connectivity index (χ0v) is 16.4. The van der Waals surface area contributed by atoms with E-state index in [0.717, 1.165) is 23.4 Å². The number of halogens is 2. The first-order valence-electron chi connectivity index (χ1n) is 8.83. The van der Waals surface area contributed by atoms with Gasteiger partial charge in [0.05, 0.1) is 4.90 Å². The Balaban J connectivity index is 1.55. The molecule has 0 atom stereocenters. The van der Waals surface area contributed by atoms with Gasteiger partial charge in [-0.05, 0) is 48.4 Å². The second kappa shape index (κ2) is 8.26. The van der Waals surface area contributed by atoms with Crippen molar-refractivity contribution in [3.05, 3.63) is 53.6 Å². The lowest BCUT2D eigenvalue weighted by molar-refractivity contribution is -0.117.